The predicted octanol–water partition coefficient (Wildman–Crippen LogP) is 2.32. The smallest absolute Gasteiger partial charge is 0.245 e. The van der Waals surface area contributed by atoms with Gasteiger partial charge < -0.3 is 15.1 Å². The lowest BCUT2D eigenvalue weighted by atomic mass is 10.1. The number of likely N-dealkylation sites (N-methyl/N-ethyl adjacent to an activating group) is 1. The molecule has 1 aliphatic heterocycles. The molecule has 0 radical (unpaired) electrons. The van der Waals surface area contributed by atoms with E-state index in [1.165, 1.54) is 4.90 Å². The molecular formula is C22H25N3O3. The van der Waals surface area contributed by atoms with Crippen LogP contribution in [0.1, 0.15) is 18.4 Å². The second kappa shape index (κ2) is 9.17. The van der Waals surface area contributed by atoms with E-state index < -0.39 is 6.04 Å². The van der Waals surface area contributed by atoms with Gasteiger partial charge in [0.25, 0.3) is 0 Å². The van der Waals surface area contributed by atoms with Gasteiger partial charge in [-0.05, 0) is 30.5 Å². The number of carbonyl (C=O) groups is 3. The third-order valence-electron chi connectivity index (χ3n) is 4.87. The molecule has 6 nitrogen and oxygen atoms in total. The highest BCUT2D eigenvalue weighted by atomic mass is 16.2. The van der Waals surface area contributed by atoms with Crippen molar-refractivity contribution < 1.29 is 14.4 Å². The molecule has 3 amide bonds. The maximum Gasteiger partial charge on any atom is 0.245 e. The maximum atomic E-state index is 12.9. The predicted molar refractivity (Wildman–Crippen MR) is 108 cm³/mol. The van der Waals surface area contributed by atoms with Crippen LogP contribution in [0.25, 0.3) is 0 Å². The summed E-state index contributed by atoms with van der Waals surface area (Å²) in [6.45, 7) is 0.525. The molecule has 28 heavy (non-hydrogen) atoms. The summed E-state index contributed by atoms with van der Waals surface area (Å²) in [6.07, 6.45) is 1.70. The lowest BCUT2D eigenvalue weighted by Gasteiger charge is -2.28. The Hall–Kier alpha value is -3.15. The number of hydrogen-bond acceptors (Lipinski definition) is 3. The van der Waals surface area contributed by atoms with Crippen LogP contribution in [0.15, 0.2) is 60.7 Å². The van der Waals surface area contributed by atoms with Crippen molar-refractivity contribution in [2.75, 3.05) is 25.5 Å². The van der Waals surface area contributed by atoms with Crippen LogP contribution in [0, 0.1) is 0 Å². The zero-order valence-corrected chi connectivity index (χ0v) is 16.0. The van der Waals surface area contributed by atoms with E-state index in [4.69, 9.17) is 0 Å². The number of benzene rings is 2. The number of hydrogen-bond donors (Lipinski definition) is 1. The monoisotopic (exact) mass is 379 g/mol. The Balaban J connectivity index is 1.57. The van der Waals surface area contributed by atoms with Gasteiger partial charge in [0.05, 0.1) is 13.0 Å². The van der Waals surface area contributed by atoms with Crippen molar-refractivity contribution in [2.45, 2.75) is 25.3 Å². The molecule has 0 aliphatic carbocycles. The Morgan fingerprint density at radius 1 is 1.04 bits per heavy atom. The number of likely N-dealkylation sites (tertiary alicyclic amines) is 1. The first-order valence-corrected chi connectivity index (χ1v) is 9.48. The molecule has 2 aromatic carbocycles. The maximum absolute atomic E-state index is 12.9. The fourth-order valence-electron chi connectivity index (χ4n) is 3.46. The van der Waals surface area contributed by atoms with Crippen molar-refractivity contribution in [3.8, 4) is 0 Å². The summed E-state index contributed by atoms with van der Waals surface area (Å²) >= 11 is 0. The molecule has 6 heteroatoms. The highest BCUT2D eigenvalue weighted by Gasteiger charge is 2.35. The van der Waals surface area contributed by atoms with Gasteiger partial charge in [-0.3, -0.25) is 14.4 Å². The van der Waals surface area contributed by atoms with E-state index in [0.717, 1.165) is 12.0 Å². The number of carbonyl (C=O) groups excluding carboxylic acids is 3. The van der Waals surface area contributed by atoms with Gasteiger partial charge in [-0.1, -0.05) is 48.5 Å². The molecule has 1 atom stereocenters. The number of para-hydroxylation sites is 1. The van der Waals surface area contributed by atoms with Crippen molar-refractivity contribution >= 4 is 23.4 Å². The van der Waals surface area contributed by atoms with Crippen LogP contribution in [0.2, 0.25) is 0 Å². The van der Waals surface area contributed by atoms with Gasteiger partial charge >= 0.3 is 0 Å². The molecule has 0 spiro atoms. The lowest BCUT2D eigenvalue weighted by Crippen LogP contribution is -2.48. The number of nitrogens with one attached hydrogen (secondary N) is 1. The average Bonchev–Trinajstić information content (AvgIpc) is 3.18. The van der Waals surface area contributed by atoms with Gasteiger partial charge in [-0.15, -0.1) is 0 Å². The zero-order valence-electron chi connectivity index (χ0n) is 16.0. The van der Waals surface area contributed by atoms with E-state index >= 15 is 0 Å². The van der Waals surface area contributed by atoms with Crippen LogP contribution in [-0.4, -0.2) is 53.7 Å². The largest absolute Gasteiger partial charge is 0.335 e. The van der Waals surface area contributed by atoms with Crippen molar-refractivity contribution in [3.63, 3.8) is 0 Å². The summed E-state index contributed by atoms with van der Waals surface area (Å²) in [5, 5.41) is 2.77. The standard InChI is InChI=1S/C22H25N3O3/c1-24(16-20(26)23-18-11-6-3-7-12-18)22(28)19-13-8-14-25(19)21(27)15-17-9-4-2-5-10-17/h2-7,9-12,19H,8,13-16H2,1H3,(H,23,26). The summed E-state index contributed by atoms with van der Waals surface area (Å²) in [4.78, 5) is 40.8. The second-order valence-corrected chi connectivity index (χ2v) is 7.02. The molecule has 0 saturated carbocycles. The first-order valence-electron chi connectivity index (χ1n) is 9.48. The number of anilines is 1. The van der Waals surface area contributed by atoms with E-state index in [0.29, 0.717) is 18.7 Å². The summed E-state index contributed by atoms with van der Waals surface area (Å²) < 4.78 is 0. The fourth-order valence-corrected chi connectivity index (χ4v) is 3.46. The Morgan fingerprint density at radius 2 is 1.68 bits per heavy atom. The van der Waals surface area contributed by atoms with E-state index in [2.05, 4.69) is 5.32 Å². The molecule has 1 unspecified atom stereocenters. The highest BCUT2D eigenvalue weighted by Crippen LogP contribution is 2.20. The van der Waals surface area contributed by atoms with Crippen LogP contribution in [0.3, 0.4) is 0 Å². The van der Waals surface area contributed by atoms with Crippen LogP contribution in [-0.2, 0) is 20.8 Å². The topological polar surface area (TPSA) is 69.7 Å². The average molecular weight is 379 g/mol. The zero-order chi connectivity index (χ0) is 19.9. The Bertz CT molecular complexity index is 823. The van der Waals surface area contributed by atoms with Crippen LogP contribution >= 0.6 is 0 Å². The molecule has 2 aromatic rings. The SMILES string of the molecule is CN(CC(=O)Nc1ccccc1)C(=O)C1CCCN1C(=O)Cc1ccccc1. The molecule has 0 bridgehead atoms. The van der Waals surface area contributed by atoms with E-state index in [1.54, 1.807) is 24.1 Å². The highest BCUT2D eigenvalue weighted by molar-refractivity contribution is 5.96. The summed E-state index contributed by atoms with van der Waals surface area (Å²) in [5.74, 6) is -0.506. The molecule has 3 rings (SSSR count). The summed E-state index contributed by atoms with van der Waals surface area (Å²) in [7, 11) is 1.60. The molecule has 1 fully saturated rings. The Kier molecular flexibility index (Phi) is 6.42. The molecule has 1 heterocycles. The van der Waals surface area contributed by atoms with Gasteiger partial charge in [0.2, 0.25) is 17.7 Å². The first-order chi connectivity index (χ1) is 13.5. The second-order valence-electron chi connectivity index (χ2n) is 7.02. The molecular weight excluding hydrogens is 354 g/mol. The minimum atomic E-state index is -0.495. The van der Waals surface area contributed by atoms with E-state index in [9.17, 15) is 14.4 Å². The van der Waals surface area contributed by atoms with Crippen molar-refractivity contribution in [3.05, 3.63) is 66.2 Å². The van der Waals surface area contributed by atoms with Gasteiger partial charge in [0.1, 0.15) is 6.04 Å². The van der Waals surface area contributed by atoms with Crippen LogP contribution in [0.5, 0.6) is 0 Å². The normalized spacial score (nSPS) is 15.9. The molecule has 146 valence electrons. The minimum Gasteiger partial charge on any atom is -0.335 e. The molecule has 1 N–H and O–H groups in total. The van der Waals surface area contributed by atoms with E-state index in [-0.39, 0.29) is 30.7 Å². The van der Waals surface area contributed by atoms with Crippen molar-refractivity contribution in [2.24, 2.45) is 0 Å². The number of rotatable bonds is 6. The minimum absolute atomic E-state index is 0.0507. The number of amides is 3. The third-order valence-corrected chi connectivity index (χ3v) is 4.87. The molecule has 1 aliphatic rings. The summed E-state index contributed by atoms with van der Waals surface area (Å²) in [5.41, 5.74) is 1.62. The van der Waals surface area contributed by atoms with E-state index in [1.807, 2.05) is 48.5 Å². The van der Waals surface area contributed by atoms with Gasteiger partial charge in [-0.2, -0.15) is 0 Å². The fraction of sp³-hybridized carbons (Fsp3) is 0.318. The van der Waals surface area contributed by atoms with Crippen LogP contribution < -0.4 is 5.32 Å². The van der Waals surface area contributed by atoms with Gasteiger partial charge in [0.15, 0.2) is 0 Å². The first kappa shape index (κ1) is 19.6. The Morgan fingerprint density at radius 3 is 2.36 bits per heavy atom. The van der Waals surface area contributed by atoms with Crippen LogP contribution in [0.4, 0.5) is 5.69 Å². The summed E-state index contributed by atoms with van der Waals surface area (Å²) in [6, 6.07) is 18.1. The molecule has 1 saturated heterocycles. The lowest BCUT2D eigenvalue weighted by molar-refractivity contribution is -0.143. The van der Waals surface area contributed by atoms with Gasteiger partial charge in [-0.25, -0.2) is 0 Å². The third kappa shape index (κ3) is 4.97. The number of nitrogens with zero attached hydrogens (tertiary/aromatic N) is 2. The van der Waals surface area contributed by atoms with Gasteiger partial charge in [0, 0.05) is 19.3 Å². The molecule has 0 aromatic heterocycles. The Labute approximate surface area is 165 Å². The van der Waals surface area contributed by atoms with Crippen molar-refractivity contribution in [1.29, 1.82) is 0 Å². The van der Waals surface area contributed by atoms with Crippen molar-refractivity contribution in [1.82, 2.24) is 9.80 Å². The quantitative estimate of drug-likeness (QED) is 0.837.